The molecule has 2 aromatic rings. The fourth-order valence-corrected chi connectivity index (χ4v) is 1.82. The molecule has 0 atom stereocenters. The van der Waals surface area contributed by atoms with Gasteiger partial charge in [0.1, 0.15) is 31.4 Å². The van der Waals surface area contributed by atoms with Gasteiger partial charge in [-0.3, -0.25) is 0 Å². The monoisotopic (exact) mass is 284 g/mol. The second kappa shape index (κ2) is 7.06. The Kier molecular flexibility index (Phi) is 4.89. The summed E-state index contributed by atoms with van der Waals surface area (Å²) in [6.07, 6.45) is 0. The number of rotatable bonds is 5. The lowest BCUT2D eigenvalue weighted by Gasteiger charge is -2.09. The van der Waals surface area contributed by atoms with Crippen LogP contribution in [0, 0.1) is 17.1 Å². The molecule has 0 aliphatic rings. The molecule has 0 heterocycles. The lowest BCUT2D eigenvalue weighted by Crippen LogP contribution is -2.06. The first-order chi connectivity index (χ1) is 10.2. The number of ether oxygens (including phenoxy) is 1. The molecule has 0 fully saturated rings. The highest BCUT2D eigenvalue weighted by Gasteiger charge is 2.10. The topological polar surface area (TPSA) is 54.6 Å². The van der Waals surface area contributed by atoms with E-state index in [9.17, 15) is 4.39 Å². The van der Waals surface area contributed by atoms with Crippen molar-refractivity contribution in [1.82, 2.24) is 0 Å². The maximum atomic E-state index is 13.1. The van der Waals surface area contributed by atoms with Crippen molar-refractivity contribution in [2.75, 3.05) is 7.11 Å². The Morgan fingerprint density at radius 1 is 1.24 bits per heavy atom. The van der Waals surface area contributed by atoms with Crippen molar-refractivity contribution in [3.05, 3.63) is 65.5 Å². The molecule has 106 valence electrons. The summed E-state index contributed by atoms with van der Waals surface area (Å²) in [5, 5.41) is 12.8. The van der Waals surface area contributed by atoms with Gasteiger partial charge in [-0.1, -0.05) is 35.5 Å². The van der Waals surface area contributed by atoms with Crippen LogP contribution in [0.2, 0.25) is 0 Å². The smallest absolute Gasteiger partial charge is 0.187 e. The van der Waals surface area contributed by atoms with Crippen molar-refractivity contribution >= 4 is 5.71 Å². The van der Waals surface area contributed by atoms with Crippen molar-refractivity contribution in [2.45, 2.75) is 6.61 Å². The molecule has 0 aromatic heterocycles. The Hall–Kier alpha value is -2.87. The van der Waals surface area contributed by atoms with E-state index in [0.717, 1.165) is 5.56 Å². The fourth-order valence-electron chi connectivity index (χ4n) is 1.82. The zero-order valence-electron chi connectivity index (χ0n) is 11.4. The first kappa shape index (κ1) is 14.5. The summed E-state index contributed by atoms with van der Waals surface area (Å²) < 4.78 is 18.6. The maximum absolute atomic E-state index is 13.1. The standard InChI is InChI=1S/C16H13FN2O2/c1-20-19-16(10-18)15-8-3-2-5-12(15)11-21-14-7-4-6-13(17)9-14/h2-9H,11H2,1H3. The summed E-state index contributed by atoms with van der Waals surface area (Å²) in [6.45, 7) is 0.198. The molecule has 0 saturated carbocycles. The Morgan fingerprint density at radius 3 is 2.76 bits per heavy atom. The molecule has 5 heteroatoms. The molecule has 0 aliphatic carbocycles. The number of nitriles is 1. The summed E-state index contributed by atoms with van der Waals surface area (Å²) in [5.41, 5.74) is 1.55. The van der Waals surface area contributed by atoms with Crippen molar-refractivity contribution in [2.24, 2.45) is 5.16 Å². The lowest BCUT2D eigenvalue weighted by molar-refractivity contribution is 0.214. The highest BCUT2D eigenvalue weighted by molar-refractivity contribution is 6.12. The van der Waals surface area contributed by atoms with Gasteiger partial charge < -0.3 is 9.57 Å². The van der Waals surface area contributed by atoms with E-state index in [4.69, 9.17) is 10.00 Å². The molecule has 0 saturated heterocycles. The third kappa shape index (κ3) is 3.80. The Labute approximate surface area is 122 Å². The summed E-state index contributed by atoms with van der Waals surface area (Å²) in [6, 6.07) is 15.1. The predicted octanol–water partition coefficient (Wildman–Crippen LogP) is 3.28. The molecule has 0 N–H and O–H groups in total. The van der Waals surface area contributed by atoms with Gasteiger partial charge in [0.2, 0.25) is 0 Å². The summed E-state index contributed by atoms with van der Waals surface area (Å²) >= 11 is 0. The van der Waals surface area contributed by atoms with Gasteiger partial charge in [-0.05, 0) is 17.7 Å². The molecule has 0 amide bonds. The predicted molar refractivity (Wildman–Crippen MR) is 76.3 cm³/mol. The van der Waals surface area contributed by atoms with E-state index in [0.29, 0.717) is 11.3 Å². The van der Waals surface area contributed by atoms with Crippen molar-refractivity contribution in [3.8, 4) is 11.8 Å². The highest BCUT2D eigenvalue weighted by Crippen LogP contribution is 2.17. The Bertz CT molecular complexity index is 693. The molecular formula is C16H13FN2O2. The van der Waals surface area contributed by atoms with Gasteiger partial charge in [0.15, 0.2) is 5.71 Å². The molecule has 21 heavy (non-hydrogen) atoms. The number of nitrogens with zero attached hydrogens (tertiary/aromatic N) is 2. The normalized spacial score (nSPS) is 10.8. The second-order valence-electron chi connectivity index (χ2n) is 4.14. The first-order valence-corrected chi connectivity index (χ1v) is 6.22. The van der Waals surface area contributed by atoms with Gasteiger partial charge in [-0.2, -0.15) is 5.26 Å². The summed E-state index contributed by atoms with van der Waals surface area (Å²) in [4.78, 5) is 4.66. The molecule has 0 bridgehead atoms. The molecule has 2 rings (SSSR count). The summed E-state index contributed by atoms with van der Waals surface area (Å²) in [7, 11) is 1.38. The minimum Gasteiger partial charge on any atom is -0.489 e. The van der Waals surface area contributed by atoms with Crippen LogP contribution in [0.3, 0.4) is 0 Å². The van der Waals surface area contributed by atoms with Crippen LogP contribution in [0.1, 0.15) is 11.1 Å². The number of benzene rings is 2. The average molecular weight is 284 g/mol. The van der Waals surface area contributed by atoms with Crippen molar-refractivity contribution in [3.63, 3.8) is 0 Å². The molecular weight excluding hydrogens is 271 g/mol. The lowest BCUT2D eigenvalue weighted by atomic mass is 10.0. The van der Waals surface area contributed by atoms with Crippen molar-refractivity contribution < 1.29 is 14.0 Å². The van der Waals surface area contributed by atoms with Gasteiger partial charge in [-0.15, -0.1) is 0 Å². The second-order valence-corrected chi connectivity index (χ2v) is 4.14. The third-order valence-electron chi connectivity index (χ3n) is 2.75. The van der Waals surface area contributed by atoms with Crippen LogP contribution in [0.5, 0.6) is 5.75 Å². The van der Waals surface area contributed by atoms with Crippen LogP contribution in [0.4, 0.5) is 4.39 Å². The average Bonchev–Trinajstić information content (AvgIpc) is 2.51. The highest BCUT2D eigenvalue weighted by atomic mass is 19.1. The van der Waals surface area contributed by atoms with Crippen LogP contribution >= 0.6 is 0 Å². The number of hydrogen-bond donors (Lipinski definition) is 0. The van der Waals surface area contributed by atoms with Gasteiger partial charge in [0, 0.05) is 11.6 Å². The van der Waals surface area contributed by atoms with Crippen LogP contribution in [-0.4, -0.2) is 12.8 Å². The van der Waals surface area contributed by atoms with E-state index in [-0.39, 0.29) is 18.1 Å². The van der Waals surface area contributed by atoms with Crippen molar-refractivity contribution in [1.29, 1.82) is 5.26 Å². The maximum Gasteiger partial charge on any atom is 0.187 e. The van der Waals surface area contributed by atoms with E-state index in [1.165, 1.54) is 19.2 Å². The molecule has 0 radical (unpaired) electrons. The van der Waals surface area contributed by atoms with E-state index in [2.05, 4.69) is 9.99 Å². The Balaban J connectivity index is 2.21. The van der Waals surface area contributed by atoms with Gasteiger partial charge >= 0.3 is 0 Å². The number of hydrogen-bond acceptors (Lipinski definition) is 4. The van der Waals surface area contributed by atoms with Crippen LogP contribution in [-0.2, 0) is 11.4 Å². The van der Waals surface area contributed by atoms with E-state index in [1.807, 2.05) is 18.2 Å². The molecule has 0 spiro atoms. The SMILES string of the molecule is CON=C(C#N)c1ccccc1COc1cccc(F)c1. The largest absolute Gasteiger partial charge is 0.489 e. The quantitative estimate of drug-likeness (QED) is 0.625. The molecule has 0 unspecified atom stereocenters. The van der Waals surface area contributed by atoms with Gasteiger partial charge in [-0.25, -0.2) is 4.39 Å². The minimum absolute atomic E-state index is 0.163. The molecule has 4 nitrogen and oxygen atoms in total. The van der Waals surface area contributed by atoms with Gasteiger partial charge in [0.25, 0.3) is 0 Å². The Morgan fingerprint density at radius 2 is 2.05 bits per heavy atom. The zero-order chi connectivity index (χ0) is 15.1. The van der Waals surface area contributed by atoms with Crippen LogP contribution < -0.4 is 4.74 Å². The van der Waals surface area contributed by atoms with Gasteiger partial charge in [0.05, 0.1) is 0 Å². The fraction of sp³-hybridized carbons (Fsp3) is 0.125. The molecule has 0 aliphatic heterocycles. The minimum atomic E-state index is -0.362. The van der Waals surface area contributed by atoms with Crippen LogP contribution in [0.25, 0.3) is 0 Å². The van der Waals surface area contributed by atoms with E-state index >= 15 is 0 Å². The third-order valence-corrected chi connectivity index (χ3v) is 2.75. The number of halogens is 1. The van der Waals surface area contributed by atoms with E-state index < -0.39 is 0 Å². The summed E-state index contributed by atoms with van der Waals surface area (Å²) in [5.74, 6) is 0.0615. The molecule has 2 aromatic carbocycles. The first-order valence-electron chi connectivity index (χ1n) is 6.22. The van der Waals surface area contributed by atoms with E-state index in [1.54, 1.807) is 24.3 Å². The number of oxime groups is 1. The zero-order valence-corrected chi connectivity index (χ0v) is 11.4. The van der Waals surface area contributed by atoms with Crippen LogP contribution in [0.15, 0.2) is 53.7 Å².